The Kier molecular flexibility index (Phi) is 10.3. The molecule has 1 aliphatic heterocycles. The third-order valence-corrected chi connectivity index (χ3v) is 7.71. The van der Waals surface area contributed by atoms with Gasteiger partial charge in [0.25, 0.3) is 6.43 Å². The number of likely N-dealkylation sites (tertiary alicyclic amines) is 1. The molecule has 0 aromatic heterocycles. The van der Waals surface area contributed by atoms with Gasteiger partial charge in [-0.25, -0.2) is 13.2 Å². The van der Waals surface area contributed by atoms with E-state index in [0.29, 0.717) is 37.2 Å². The molecule has 1 heterocycles. The summed E-state index contributed by atoms with van der Waals surface area (Å²) in [6.07, 6.45) is 0.446. The number of carbonyl (C=O) groups excluding carboxylic acids is 1. The molecular formula is C32H30F4NNaO2. The summed E-state index contributed by atoms with van der Waals surface area (Å²) in [5.74, 6) is -1.46. The van der Waals surface area contributed by atoms with Crippen molar-refractivity contribution in [2.75, 3.05) is 26.3 Å². The SMILES string of the molecule is O=C([O-])c1ccc2c(c1)CCCC(c1cc(F)cc(C(F)F)c1)=C2c1ccc(CC2CN(CCCF)C2)cc1.[Na+]. The summed E-state index contributed by atoms with van der Waals surface area (Å²) in [6, 6.07) is 16.5. The summed E-state index contributed by atoms with van der Waals surface area (Å²) in [4.78, 5) is 13.8. The van der Waals surface area contributed by atoms with Gasteiger partial charge >= 0.3 is 29.6 Å². The fourth-order valence-electron chi connectivity index (χ4n) is 5.86. The van der Waals surface area contributed by atoms with Crippen molar-refractivity contribution in [1.29, 1.82) is 0 Å². The Balaban J connectivity index is 0.00000370. The number of aryl methyl sites for hydroxylation is 1. The maximum absolute atomic E-state index is 14.5. The number of hydrogen-bond acceptors (Lipinski definition) is 3. The van der Waals surface area contributed by atoms with E-state index in [1.165, 1.54) is 23.8 Å². The van der Waals surface area contributed by atoms with E-state index in [1.54, 1.807) is 12.1 Å². The molecule has 3 aromatic carbocycles. The molecule has 2 aliphatic rings. The first kappa shape index (κ1) is 30.5. The van der Waals surface area contributed by atoms with Crippen LogP contribution < -0.4 is 34.7 Å². The van der Waals surface area contributed by atoms with E-state index < -0.39 is 18.2 Å². The van der Waals surface area contributed by atoms with Gasteiger partial charge in [-0.2, -0.15) is 0 Å². The summed E-state index contributed by atoms with van der Waals surface area (Å²) < 4.78 is 54.0. The average Bonchev–Trinajstić information content (AvgIpc) is 3.09. The third-order valence-electron chi connectivity index (χ3n) is 7.71. The minimum absolute atomic E-state index is 0. The molecule has 5 rings (SSSR count). The van der Waals surface area contributed by atoms with Gasteiger partial charge in [0, 0.05) is 25.2 Å². The molecule has 0 atom stereocenters. The number of benzene rings is 3. The Morgan fingerprint density at radius 3 is 2.40 bits per heavy atom. The Bertz CT molecular complexity index is 1380. The van der Waals surface area contributed by atoms with E-state index >= 15 is 0 Å². The van der Waals surface area contributed by atoms with Crippen LogP contribution in [-0.2, 0) is 12.8 Å². The zero-order chi connectivity index (χ0) is 27.5. The smallest absolute Gasteiger partial charge is 0.545 e. The molecule has 8 heteroatoms. The first-order chi connectivity index (χ1) is 18.8. The summed E-state index contributed by atoms with van der Waals surface area (Å²) in [7, 11) is 0. The number of rotatable bonds is 9. The second-order valence-corrected chi connectivity index (χ2v) is 10.5. The molecule has 3 nitrogen and oxygen atoms in total. The molecule has 0 N–H and O–H groups in total. The number of nitrogens with zero attached hydrogens (tertiary/aromatic N) is 1. The van der Waals surface area contributed by atoms with Crippen molar-refractivity contribution >= 4 is 17.1 Å². The molecule has 0 bridgehead atoms. The predicted octanol–water partition coefficient (Wildman–Crippen LogP) is 3.26. The van der Waals surface area contributed by atoms with Gasteiger partial charge in [0.05, 0.1) is 12.6 Å². The molecule has 1 aliphatic carbocycles. The molecule has 1 fully saturated rings. The van der Waals surface area contributed by atoms with Crippen LogP contribution in [-0.4, -0.2) is 37.2 Å². The van der Waals surface area contributed by atoms with Gasteiger partial charge in [0.2, 0.25) is 0 Å². The van der Waals surface area contributed by atoms with E-state index in [2.05, 4.69) is 17.0 Å². The third kappa shape index (κ3) is 6.88. The van der Waals surface area contributed by atoms with Gasteiger partial charge < -0.3 is 14.8 Å². The van der Waals surface area contributed by atoms with Crippen molar-refractivity contribution in [3.63, 3.8) is 0 Å². The Hall–Kier alpha value is -2.45. The van der Waals surface area contributed by atoms with Crippen LogP contribution in [0.25, 0.3) is 11.1 Å². The topological polar surface area (TPSA) is 43.4 Å². The van der Waals surface area contributed by atoms with E-state index in [4.69, 9.17) is 0 Å². The standard InChI is InChI=1S/C32H31F4NO2.Na/c33-11-2-12-37-18-21(19-37)13-20-5-7-22(8-6-20)30-28(25-15-26(31(35)36)17-27(34)16-25)4-1-3-23-14-24(32(38)39)9-10-29(23)30;/h5-10,14-17,21,31H,1-4,11-13,18-19H2,(H,38,39);/q;+1/p-1. The summed E-state index contributed by atoms with van der Waals surface area (Å²) >= 11 is 0. The van der Waals surface area contributed by atoms with Crippen LogP contribution in [0.1, 0.15) is 69.4 Å². The van der Waals surface area contributed by atoms with Crippen LogP contribution in [0.3, 0.4) is 0 Å². The first-order valence-corrected chi connectivity index (χ1v) is 13.4. The maximum atomic E-state index is 14.5. The zero-order valence-corrected chi connectivity index (χ0v) is 24.6. The normalized spacial score (nSPS) is 15.8. The molecule has 204 valence electrons. The summed E-state index contributed by atoms with van der Waals surface area (Å²) in [6.45, 7) is 2.40. The summed E-state index contributed by atoms with van der Waals surface area (Å²) in [5, 5.41) is 11.5. The van der Waals surface area contributed by atoms with Crippen molar-refractivity contribution in [2.45, 2.75) is 38.5 Å². The minimum Gasteiger partial charge on any atom is -0.545 e. The van der Waals surface area contributed by atoms with E-state index in [0.717, 1.165) is 60.0 Å². The van der Waals surface area contributed by atoms with Crippen LogP contribution in [0.15, 0.2) is 60.7 Å². The number of aromatic carboxylic acids is 1. The van der Waals surface area contributed by atoms with Crippen LogP contribution in [0.4, 0.5) is 17.6 Å². The average molecular weight is 560 g/mol. The van der Waals surface area contributed by atoms with Gasteiger partial charge in [0.15, 0.2) is 0 Å². The number of alkyl halides is 3. The van der Waals surface area contributed by atoms with Gasteiger partial charge in [-0.1, -0.05) is 36.4 Å². The summed E-state index contributed by atoms with van der Waals surface area (Å²) in [5.41, 5.74) is 5.34. The fraction of sp³-hybridized carbons (Fsp3) is 0.344. The van der Waals surface area contributed by atoms with Crippen molar-refractivity contribution in [3.05, 3.63) is 105 Å². The predicted molar refractivity (Wildman–Crippen MR) is 142 cm³/mol. The van der Waals surface area contributed by atoms with Crippen molar-refractivity contribution in [2.24, 2.45) is 5.92 Å². The molecule has 0 spiro atoms. The fourth-order valence-corrected chi connectivity index (χ4v) is 5.86. The molecular weight excluding hydrogens is 529 g/mol. The molecule has 0 unspecified atom stereocenters. The second-order valence-electron chi connectivity index (χ2n) is 10.5. The van der Waals surface area contributed by atoms with Crippen molar-refractivity contribution in [3.8, 4) is 0 Å². The van der Waals surface area contributed by atoms with Gasteiger partial charge in [0.1, 0.15) is 5.82 Å². The number of fused-ring (bicyclic) bond motifs is 1. The van der Waals surface area contributed by atoms with Gasteiger partial charge in [-0.3, -0.25) is 4.39 Å². The number of carboxylic acid groups (broad SMARTS) is 1. The van der Waals surface area contributed by atoms with Crippen molar-refractivity contribution in [1.82, 2.24) is 4.90 Å². The van der Waals surface area contributed by atoms with Crippen LogP contribution in [0, 0.1) is 11.7 Å². The van der Waals surface area contributed by atoms with Crippen LogP contribution >= 0.6 is 0 Å². The van der Waals surface area contributed by atoms with Gasteiger partial charge in [-0.15, -0.1) is 0 Å². The largest absolute Gasteiger partial charge is 1.00 e. The van der Waals surface area contributed by atoms with Crippen LogP contribution in [0.2, 0.25) is 0 Å². The van der Waals surface area contributed by atoms with Crippen molar-refractivity contribution < 1.29 is 57.0 Å². The number of carboxylic acids is 1. The minimum atomic E-state index is -2.80. The van der Waals surface area contributed by atoms with E-state index in [1.807, 2.05) is 12.1 Å². The Morgan fingerprint density at radius 1 is 0.975 bits per heavy atom. The number of hydrogen-bond donors (Lipinski definition) is 0. The number of halogens is 4. The molecule has 0 radical (unpaired) electrons. The molecule has 40 heavy (non-hydrogen) atoms. The quantitative estimate of drug-likeness (QED) is 0.299. The van der Waals surface area contributed by atoms with Crippen LogP contribution in [0.5, 0.6) is 0 Å². The Morgan fingerprint density at radius 2 is 1.73 bits per heavy atom. The maximum Gasteiger partial charge on any atom is 1.00 e. The van der Waals surface area contributed by atoms with Gasteiger partial charge in [-0.05, 0) is 107 Å². The first-order valence-electron chi connectivity index (χ1n) is 13.4. The number of allylic oxidation sites excluding steroid dienone is 1. The number of carbonyl (C=O) groups is 1. The van der Waals surface area contributed by atoms with E-state index in [9.17, 15) is 27.5 Å². The monoisotopic (exact) mass is 559 g/mol. The Labute approximate surface area is 254 Å². The van der Waals surface area contributed by atoms with E-state index in [-0.39, 0.29) is 47.4 Å². The molecule has 3 aromatic rings. The molecule has 1 saturated heterocycles. The molecule has 0 saturated carbocycles. The molecule has 0 amide bonds. The zero-order valence-electron chi connectivity index (χ0n) is 22.6. The second kappa shape index (κ2) is 13.5.